The summed E-state index contributed by atoms with van der Waals surface area (Å²) in [7, 11) is 0. The smallest absolute Gasteiger partial charge is 0.339 e. The van der Waals surface area contributed by atoms with Crippen LogP contribution in [0.25, 0.3) is 0 Å². The van der Waals surface area contributed by atoms with Crippen LogP contribution in [0.4, 0.5) is 5.69 Å². The summed E-state index contributed by atoms with van der Waals surface area (Å²) in [5, 5.41) is 2.92. The van der Waals surface area contributed by atoms with Crippen LogP contribution < -0.4 is 5.32 Å². The largest absolute Gasteiger partial charge is 0.445 e. The first kappa shape index (κ1) is 15.3. The average Bonchev–Trinajstić information content (AvgIpc) is 2.50. The van der Waals surface area contributed by atoms with Gasteiger partial charge in [-0.15, -0.1) is 0 Å². The molecule has 0 aromatic heterocycles. The van der Waals surface area contributed by atoms with Gasteiger partial charge < -0.3 is 10.1 Å². The number of para-hydroxylation sites is 1. The summed E-state index contributed by atoms with van der Waals surface area (Å²) in [5.41, 5.74) is 2.88. The first-order valence-electron chi connectivity index (χ1n) is 7.59. The lowest BCUT2D eigenvalue weighted by Gasteiger charge is -2.33. The Balaban J connectivity index is 1.90. The summed E-state index contributed by atoms with van der Waals surface area (Å²) in [4.78, 5) is 25.0. The maximum absolute atomic E-state index is 12.8. The van der Waals surface area contributed by atoms with Gasteiger partial charge in [-0.25, -0.2) is 4.79 Å². The van der Waals surface area contributed by atoms with Crippen molar-refractivity contribution >= 4 is 17.6 Å². The fourth-order valence-corrected chi connectivity index (χ4v) is 2.92. The van der Waals surface area contributed by atoms with Crippen molar-refractivity contribution in [1.82, 2.24) is 0 Å². The SMILES string of the molecule is Cc1cccc(C)c1NC(=O)[C@@]1(C)Cc2ccccc2C(=O)O1. The van der Waals surface area contributed by atoms with E-state index in [-0.39, 0.29) is 5.91 Å². The van der Waals surface area contributed by atoms with E-state index >= 15 is 0 Å². The monoisotopic (exact) mass is 309 g/mol. The Bertz CT molecular complexity index is 777. The molecule has 4 nitrogen and oxygen atoms in total. The van der Waals surface area contributed by atoms with Crippen LogP contribution in [0.1, 0.15) is 34.0 Å². The van der Waals surface area contributed by atoms with Gasteiger partial charge in [-0.3, -0.25) is 4.79 Å². The minimum atomic E-state index is -1.21. The maximum Gasteiger partial charge on any atom is 0.339 e. The van der Waals surface area contributed by atoms with Crippen molar-refractivity contribution in [3.05, 3.63) is 64.7 Å². The number of aryl methyl sites for hydroxylation is 2. The van der Waals surface area contributed by atoms with Crippen LogP contribution in [-0.4, -0.2) is 17.5 Å². The van der Waals surface area contributed by atoms with E-state index in [1.807, 2.05) is 44.2 Å². The third kappa shape index (κ3) is 2.72. The zero-order valence-electron chi connectivity index (χ0n) is 13.5. The van der Waals surface area contributed by atoms with E-state index < -0.39 is 11.6 Å². The summed E-state index contributed by atoms with van der Waals surface area (Å²) in [6, 6.07) is 13.1. The lowest BCUT2D eigenvalue weighted by Crippen LogP contribution is -2.49. The predicted molar refractivity (Wildman–Crippen MR) is 88.5 cm³/mol. The molecule has 1 aliphatic rings. The molecule has 1 aliphatic heterocycles. The number of ether oxygens (including phenoxy) is 1. The number of carbonyl (C=O) groups is 2. The van der Waals surface area contributed by atoms with Crippen LogP contribution in [0.3, 0.4) is 0 Å². The molecule has 1 atom stereocenters. The summed E-state index contributed by atoms with van der Waals surface area (Å²) in [5.74, 6) is -0.760. The number of hydrogen-bond donors (Lipinski definition) is 1. The highest BCUT2D eigenvalue weighted by Crippen LogP contribution is 2.30. The van der Waals surface area contributed by atoms with E-state index in [4.69, 9.17) is 4.74 Å². The molecule has 1 amide bonds. The molecule has 0 unspecified atom stereocenters. The van der Waals surface area contributed by atoms with Gasteiger partial charge in [0, 0.05) is 12.1 Å². The lowest BCUT2D eigenvalue weighted by atomic mass is 9.89. The fourth-order valence-electron chi connectivity index (χ4n) is 2.92. The van der Waals surface area contributed by atoms with Gasteiger partial charge in [-0.05, 0) is 43.5 Å². The highest BCUT2D eigenvalue weighted by molar-refractivity contribution is 6.03. The van der Waals surface area contributed by atoms with Crippen molar-refractivity contribution in [3.8, 4) is 0 Å². The Morgan fingerprint density at radius 2 is 1.74 bits per heavy atom. The van der Waals surface area contributed by atoms with Crippen molar-refractivity contribution in [2.45, 2.75) is 32.8 Å². The molecule has 0 spiro atoms. The summed E-state index contributed by atoms with van der Waals surface area (Å²) in [6.45, 7) is 5.53. The zero-order chi connectivity index (χ0) is 16.6. The third-order valence-electron chi connectivity index (χ3n) is 4.28. The first-order valence-corrected chi connectivity index (χ1v) is 7.59. The van der Waals surface area contributed by atoms with E-state index in [1.165, 1.54) is 0 Å². The van der Waals surface area contributed by atoms with Gasteiger partial charge in [0.05, 0.1) is 5.56 Å². The van der Waals surface area contributed by atoms with Crippen LogP contribution in [0, 0.1) is 13.8 Å². The van der Waals surface area contributed by atoms with Gasteiger partial charge in [0.25, 0.3) is 5.91 Å². The van der Waals surface area contributed by atoms with Crippen LogP contribution >= 0.6 is 0 Å². The Kier molecular flexibility index (Phi) is 3.68. The van der Waals surface area contributed by atoms with Crippen molar-refractivity contribution in [3.63, 3.8) is 0 Å². The first-order chi connectivity index (χ1) is 10.9. The Morgan fingerprint density at radius 3 is 2.43 bits per heavy atom. The third-order valence-corrected chi connectivity index (χ3v) is 4.28. The minimum absolute atomic E-state index is 0.308. The summed E-state index contributed by atoms with van der Waals surface area (Å²) >= 11 is 0. The van der Waals surface area contributed by atoms with Crippen molar-refractivity contribution < 1.29 is 14.3 Å². The number of anilines is 1. The predicted octanol–water partition coefficient (Wildman–Crippen LogP) is 3.41. The molecule has 0 bridgehead atoms. The van der Waals surface area contributed by atoms with Crippen molar-refractivity contribution in [1.29, 1.82) is 0 Å². The van der Waals surface area contributed by atoms with E-state index in [9.17, 15) is 9.59 Å². The molecule has 4 heteroatoms. The van der Waals surface area contributed by atoms with Crippen LogP contribution in [0.15, 0.2) is 42.5 Å². The maximum atomic E-state index is 12.8. The molecule has 2 aromatic rings. The second kappa shape index (κ2) is 5.54. The number of rotatable bonds is 2. The normalized spacial score (nSPS) is 19.7. The Labute approximate surface area is 135 Å². The van der Waals surface area contributed by atoms with Gasteiger partial charge in [0.15, 0.2) is 5.60 Å². The molecule has 3 rings (SSSR count). The van der Waals surface area contributed by atoms with Crippen molar-refractivity contribution in [2.24, 2.45) is 0 Å². The molecule has 0 saturated heterocycles. The number of nitrogens with one attached hydrogen (secondary N) is 1. The fraction of sp³-hybridized carbons (Fsp3) is 0.263. The highest BCUT2D eigenvalue weighted by Gasteiger charge is 2.42. The van der Waals surface area contributed by atoms with Gasteiger partial charge in [-0.2, -0.15) is 0 Å². The molecule has 0 aliphatic carbocycles. The molecule has 1 N–H and O–H groups in total. The number of carbonyl (C=O) groups excluding carboxylic acids is 2. The molecule has 23 heavy (non-hydrogen) atoms. The number of benzene rings is 2. The molecule has 0 saturated carbocycles. The molecular formula is C19H19NO3. The number of amides is 1. The molecule has 118 valence electrons. The topological polar surface area (TPSA) is 55.4 Å². The second-order valence-corrected chi connectivity index (χ2v) is 6.18. The van der Waals surface area contributed by atoms with Gasteiger partial charge in [-0.1, -0.05) is 36.4 Å². The van der Waals surface area contributed by atoms with Crippen molar-refractivity contribution in [2.75, 3.05) is 5.32 Å². The van der Waals surface area contributed by atoms with Gasteiger partial charge >= 0.3 is 5.97 Å². The lowest BCUT2D eigenvalue weighted by molar-refractivity contribution is -0.134. The molecular weight excluding hydrogens is 290 g/mol. The quantitative estimate of drug-likeness (QED) is 0.865. The summed E-state index contributed by atoms with van der Waals surface area (Å²) in [6.07, 6.45) is 0.367. The van der Waals surface area contributed by atoms with Crippen LogP contribution in [0.5, 0.6) is 0 Å². The van der Waals surface area contributed by atoms with Crippen LogP contribution in [-0.2, 0) is 16.0 Å². The highest BCUT2D eigenvalue weighted by atomic mass is 16.6. The average molecular weight is 309 g/mol. The Morgan fingerprint density at radius 1 is 1.09 bits per heavy atom. The number of fused-ring (bicyclic) bond motifs is 1. The molecule has 1 heterocycles. The molecule has 0 radical (unpaired) electrons. The van der Waals surface area contributed by atoms with E-state index in [0.29, 0.717) is 12.0 Å². The second-order valence-electron chi connectivity index (χ2n) is 6.18. The summed E-state index contributed by atoms with van der Waals surface area (Å²) < 4.78 is 5.46. The number of hydrogen-bond acceptors (Lipinski definition) is 3. The van der Waals surface area contributed by atoms with Crippen LogP contribution in [0.2, 0.25) is 0 Å². The van der Waals surface area contributed by atoms with E-state index in [0.717, 1.165) is 22.4 Å². The standard InChI is InChI=1S/C19H19NO3/c1-12-7-6-8-13(2)16(12)20-18(22)19(3)11-14-9-4-5-10-15(14)17(21)23-19/h4-10H,11H2,1-3H3,(H,20,22)/t19-/m1/s1. The molecule has 2 aromatic carbocycles. The number of cyclic esters (lactones) is 1. The van der Waals surface area contributed by atoms with Gasteiger partial charge in [0.1, 0.15) is 0 Å². The van der Waals surface area contributed by atoms with E-state index in [1.54, 1.807) is 19.1 Å². The van der Waals surface area contributed by atoms with E-state index in [2.05, 4.69) is 5.32 Å². The minimum Gasteiger partial charge on any atom is -0.445 e. The zero-order valence-corrected chi connectivity index (χ0v) is 13.5. The van der Waals surface area contributed by atoms with Gasteiger partial charge in [0.2, 0.25) is 0 Å². The number of esters is 1. The Hall–Kier alpha value is -2.62. The molecule has 0 fully saturated rings.